The van der Waals surface area contributed by atoms with Gasteiger partial charge in [0.25, 0.3) is 5.91 Å². The van der Waals surface area contributed by atoms with Crippen molar-refractivity contribution in [2.24, 2.45) is 0 Å². The third kappa shape index (κ3) is 4.70. The number of amides is 2. The Hall–Kier alpha value is -3.60. The van der Waals surface area contributed by atoms with E-state index in [0.717, 1.165) is 22.7 Å². The number of anilines is 4. The molecular weight excluding hydrogens is 326 g/mol. The van der Waals surface area contributed by atoms with E-state index in [-0.39, 0.29) is 11.8 Å². The van der Waals surface area contributed by atoms with Gasteiger partial charge in [0, 0.05) is 35.2 Å². The van der Waals surface area contributed by atoms with Crippen LogP contribution in [0, 0.1) is 0 Å². The molecule has 26 heavy (non-hydrogen) atoms. The molecule has 0 aromatic heterocycles. The average Bonchev–Trinajstić information content (AvgIpc) is 2.64. The van der Waals surface area contributed by atoms with Crippen LogP contribution >= 0.6 is 0 Å². The second-order valence-electron chi connectivity index (χ2n) is 5.78. The molecule has 3 aromatic carbocycles. The van der Waals surface area contributed by atoms with Gasteiger partial charge in [0.1, 0.15) is 0 Å². The Morgan fingerprint density at radius 1 is 0.654 bits per heavy atom. The van der Waals surface area contributed by atoms with Crippen molar-refractivity contribution in [3.63, 3.8) is 0 Å². The Morgan fingerprint density at radius 3 is 2.00 bits per heavy atom. The van der Waals surface area contributed by atoms with Crippen molar-refractivity contribution in [3.8, 4) is 0 Å². The van der Waals surface area contributed by atoms with E-state index in [1.807, 2.05) is 66.7 Å². The molecule has 5 heteroatoms. The highest BCUT2D eigenvalue weighted by molar-refractivity contribution is 6.04. The first-order valence-electron chi connectivity index (χ1n) is 8.21. The van der Waals surface area contributed by atoms with Crippen molar-refractivity contribution < 1.29 is 9.59 Å². The van der Waals surface area contributed by atoms with E-state index < -0.39 is 0 Å². The molecule has 130 valence electrons. The number of rotatable bonds is 5. The maximum atomic E-state index is 12.2. The van der Waals surface area contributed by atoms with Gasteiger partial charge in [0.2, 0.25) is 5.91 Å². The van der Waals surface area contributed by atoms with Crippen LogP contribution < -0.4 is 16.0 Å². The quantitative estimate of drug-likeness (QED) is 0.631. The van der Waals surface area contributed by atoms with Crippen molar-refractivity contribution in [1.82, 2.24) is 0 Å². The smallest absolute Gasteiger partial charge is 0.255 e. The molecule has 3 aromatic rings. The summed E-state index contributed by atoms with van der Waals surface area (Å²) in [4.78, 5) is 23.3. The zero-order chi connectivity index (χ0) is 18.4. The van der Waals surface area contributed by atoms with E-state index in [1.54, 1.807) is 12.1 Å². The lowest BCUT2D eigenvalue weighted by Crippen LogP contribution is -2.11. The average molecular weight is 345 g/mol. The summed E-state index contributed by atoms with van der Waals surface area (Å²) in [5.41, 5.74) is 3.80. The molecule has 0 radical (unpaired) electrons. The van der Waals surface area contributed by atoms with Crippen molar-refractivity contribution in [2.75, 3.05) is 16.0 Å². The minimum atomic E-state index is -0.144. The highest BCUT2D eigenvalue weighted by Gasteiger charge is 2.05. The van der Waals surface area contributed by atoms with Crippen LogP contribution in [-0.4, -0.2) is 11.8 Å². The predicted molar refractivity (Wildman–Crippen MR) is 105 cm³/mol. The largest absolute Gasteiger partial charge is 0.355 e. The summed E-state index contributed by atoms with van der Waals surface area (Å²) in [6.07, 6.45) is 0. The van der Waals surface area contributed by atoms with Crippen LogP contribution in [0.15, 0.2) is 78.9 Å². The molecule has 0 unspecified atom stereocenters. The topological polar surface area (TPSA) is 70.2 Å². The van der Waals surface area contributed by atoms with Gasteiger partial charge in [-0.3, -0.25) is 9.59 Å². The van der Waals surface area contributed by atoms with Crippen molar-refractivity contribution in [2.45, 2.75) is 6.92 Å². The minimum absolute atomic E-state index is 0.110. The molecule has 3 N–H and O–H groups in total. The van der Waals surface area contributed by atoms with Crippen LogP contribution in [0.5, 0.6) is 0 Å². The summed E-state index contributed by atoms with van der Waals surface area (Å²) in [6, 6.07) is 24.0. The minimum Gasteiger partial charge on any atom is -0.355 e. The first kappa shape index (κ1) is 17.2. The van der Waals surface area contributed by atoms with Crippen LogP contribution in [-0.2, 0) is 4.79 Å². The van der Waals surface area contributed by atoms with Crippen LogP contribution in [0.1, 0.15) is 17.3 Å². The molecule has 0 saturated carbocycles. The van der Waals surface area contributed by atoms with E-state index >= 15 is 0 Å². The monoisotopic (exact) mass is 345 g/mol. The molecule has 0 saturated heterocycles. The van der Waals surface area contributed by atoms with E-state index in [2.05, 4.69) is 16.0 Å². The molecule has 2 amide bonds. The summed E-state index contributed by atoms with van der Waals surface area (Å²) < 4.78 is 0. The Kier molecular flexibility index (Phi) is 5.29. The molecule has 0 spiro atoms. The fourth-order valence-electron chi connectivity index (χ4n) is 2.47. The van der Waals surface area contributed by atoms with Crippen molar-refractivity contribution in [1.29, 1.82) is 0 Å². The third-order valence-corrected chi connectivity index (χ3v) is 3.65. The molecule has 0 aliphatic carbocycles. The zero-order valence-electron chi connectivity index (χ0n) is 14.3. The number of carbonyl (C=O) groups excluding carboxylic acids is 2. The molecule has 0 aliphatic rings. The van der Waals surface area contributed by atoms with Crippen LogP contribution in [0.2, 0.25) is 0 Å². The molecule has 0 fully saturated rings. The van der Waals surface area contributed by atoms with Gasteiger partial charge >= 0.3 is 0 Å². The van der Waals surface area contributed by atoms with Gasteiger partial charge < -0.3 is 16.0 Å². The number of hydrogen-bond acceptors (Lipinski definition) is 3. The Bertz CT molecular complexity index is 906. The number of benzene rings is 3. The van der Waals surface area contributed by atoms with Gasteiger partial charge in [-0.25, -0.2) is 0 Å². The fourth-order valence-corrected chi connectivity index (χ4v) is 2.47. The van der Waals surface area contributed by atoms with E-state index in [1.165, 1.54) is 6.92 Å². The van der Waals surface area contributed by atoms with Gasteiger partial charge in [0.15, 0.2) is 0 Å². The number of hydrogen-bond donors (Lipinski definition) is 3. The van der Waals surface area contributed by atoms with Crippen molar-refractivity contribution >= 4 is 34.6 Å². The lowest BCUT2D eigenvalue weighted by Gasteiger charge is -2.10. The maximum Gasteiger partial charge on any atom is 0.255 e. The van der Waals surface area contributed by atoms with Crippen LogP contribution in [0.4, 0.5) is 22.7 Å². The maximum absolute atomic E-state index is 12.2. The molecule has 0 atom stereocenters. The normalized spacial score (nSPS) is 10.0. The van der Waals surface area contributed by atoms with Gasteiger partial charge in [0.05, 0.1) is 0 Å². The van der Waals surface area contributed by atoms with Gasteiger partial charge in [-0.2, -0.15) is 0 Å². The van der Waals surface area contributed by atoms with E-state index in [0.29, 0.717) is 5.56 Å². The summed E-state index contributed by atoms with van der Waals surface area (Å²) in [6.45, 7) is 1.47. The Labute approximate surface area is 152 Å². The first-order chi connectivity index (χ1) is 12.6. The summed E-state index contributed by atoms with van der Waals surface area (Å²) >= 11 is 0. The summed E-state index contributed by atoms with van der Waals surface area (Å²) in [7, 11) is 0. The second-order valence-corrected chi connectivity index (χ2v) is 5.78. The fraction of sp³-hybridized carbons (Fsp3) is 0.0476. The molecule has 0 aliphatic heterocycles. The van der Waals surface area contributed by atoms with E-state index in [4.69, 9.17) is 0 Å². The van der Waals surface area contributed by atoms with Gasteiger partial charge in [-0.05, 0) is 54.6 Å². The SMILES string of the molecule is CC(=O)Nc1cccc(Nc2ccc(NC(=O)c3ccccc3)cc2)c1. The molecule has 0 heterocycles. The van der Waals surface area contributed by atoms with E-state index in [9.17, 15) is 9.59 Å². The zero-order valence-corrected chi connectivity index (χ0v) is 14.3. The third-order valence-electron chi connectivity index (χ3n) is 3.65. The second kappa shape index (κ2) is 7.98. The molecular formula is C21H19N3O2. The van der Waals surface area contributed by atoms with Crippen molar-refractivity contribution in [3.05, 3.63) is 84.4 Å². The van der Waals surface area contributed by atoms with Gasteiger partial charge in [-0.15, -0.1) is 0 Å². The summed E-state index contributed by atoms with van der Waals surface area (Å²) in [5, 5.41) is 8.88. The molecule has 0 bridgehead atoms. The lowest BCUT2D eigenvalue weighted by molar-refractivity contribution is -0.114. The standard InChI is InChI=1S/C21H19N3O2/c1-15(25)22-19-8-5-9-20(14-19)23-17-10-12-18(13-11-17)24-21(26)16-6-3-2-4-7-16/h2-14,23H,1H3,(H,22,25)(H,24,26). The Balaban J connectivity index is 1.64. The first-order valence-corrected chi connectivity index (χ1v) is 8.21. The van der Waals surface area contributed by atoms with Crippen LogP contribution in [0.3, 0.4) is 0 Å². The highest BCUT2D eigenvalue weighted by Crippen LogP contribution is 2.22. The predicted octanol–water partition coefficient (Wildman–Crippen LogP) is 4.64. The number of carbonyl (C=O) groups is 2. The van der Waals surface area contributed by atoms with Crippen LogP contribution in [0.25, 0.3) is 0 Å². The highest BCUT2D eigenvalue weighted by atomic mass is 16.2. The Morgan fingerprint density at radius 2 is 1.31 bits per heavy atom. The number of nitrogens with one attached hydrogen (secondary N) is 3. The van der Waals surface area contributed by atoms with Gasteiger partial charge in [-0.1, -0.05) is 24.3 Å². The molecule has 3 rings (SSSR count). The summed E-state index contributed by atoms with van der Waals surface area (Å²) in [5.74, 6) is -0.255. The molecule has 5 nitrogen and oxygen atoms in total. The lowest BCUT2D eigenvalue weighted by atomic mass is 10.2.